The van der Waals surface area contributed by atoms with Crippen molar-refractivity contribution in [3.05, 3.63) is 88.2 Å². The van der Waals surface area contributed by atoms with E-state index in [4.69, 9.17) is 23.2 Å². The van der Waals surface area contributed by atoms with E-state index in [1.165, 1.54) is 0 Å². The smallest absolute Gasteiger partial charge is 0.254 e. The minimum atomic E-state index is -0.111. The van der Waals surface area contributed by atoms with Gasteiger partial charge in [-0.05, 0) is 54.8 Å². The van der Waals surface area contributed by atoms with E-state index in [1.807, 2.05) is 35.2 Å². The van der Waals surface area contributed by atoms with Gasteiger partial charge in [-0.2, -0.15) is 0 Å². The van der Waals surface area contributed by atoms with Gasteiger partial charge < -0.3 is 9.47 Å². The summed E-state index contributed by atoms with van der Waals surface area (Å²) in [6, 6.07) is 14.7. The molecule has 0 saturated carbocycles. The summed E-state index contributed by atoms with van der Waals surface area (Å²) < 4.78 is 2.06. The minimum absolute atomic E-state index is 0.0114. The van der Waals surface area contributed by atoms with Gasteiger partial charge in [-0.25, -0.2) is 0 Å². The summed E-state index contributed by atoms with van der Waals surface area (Å²) in [5, 5.41) is 11.1. The van der Waals surface area contributed by atoms with Crippen LogP contribution >= 0.6 is 35.0 Å². The molecule has 1 aliphatic heterocycles. The monoisotopic (exact) mass is 472 g/mol. The predicted octanol–water partition coefficient (Wildman–Crippen LogP) is 6.04. The number of likely N-dealkylation sites (tertiary alicyclic amines) is 1. The first-order valence-electron chi connectivity index (χ1n) is 10.0. The lowest BCUT2D eigenvalue weighted by Gasteiger charge is -2.24. The quantitative estimate of drug-likeness (QED) is 0.310. The number of nitrogens with zero attached hydrogens (tertiary/aromatic N) is 4. The molecule has 1 saturated heterocycles. The summed E-state index contributed by atoms with van der Waals surface area (Å²) in [4.78, 5) is 15.0. The molecule has 2 aromatic carbocycles. The van der Waals surface area contributed by atoms with E-state index in [1.54, 1.807) is 36.0 Å². The summed E-state index contributed by atoms with van der Waals surface area (Å²) in [7, 11) is 0. The molecule has 3 aromatic rings. The molecule has 0 spiro atoms. The first-order valence-corrected chi connectivity index (χ1v) is 11.8. The molecule has 1 aromatic heterocycles. The SMILES string of the molecule is C=CCn1c(SCc2ccc(Cl)cc2)nnc1C1CCCN1C(=O)c1ccc(Cl)cc1. The molecule has 5 nitrogen and oxygen atoms in total. The van der Waals surface area contributed by atoms with Crippen molar-refractivity contribution in [2.75, 3.05) is 6.54 Å². The van der Waals surface area contributed by atoms with Crippen LogP contribution in [0.4, 0.5) is 0 Å². The van der Waals surface area contributed by atoms with Gasteiger partial charge in [0.2, 0.25) is 0 Å². The third-order valence-corrected chi connectivity index (χ3v) is 6.78. The van der Waals surface area contributed by atoms with Crippen LogP contribution in [-0.4, -0.2) is 32.1 Å². The van der Waals surface area contributed by atoms with Crippen molar-refractivity contribution in [1.29, 1.82) is 0 Å². The van der Waals surface area contributed by atoms with Gasteiger partial charge in [0, 0.05) is 34.5 Å². The van der Waals surface area contributed by atoms with Gasteiger partial charge in [-0.15, -0.1) is 16.8 Å². The van der Waals surface area contributed by atoms with Crippen molar-refractivity contribution in [2.45, 2.75) is 36.3 Å². The number of rotatable bonds is 7. The maximum Gasteiger partial charge on any atom is 0.254 e. The van der Waals surface area contributed by atoms with E-state index in [9.17, 15) is 4.79 Å². The van der Waals surface area contributed by atoms with Crippen LogP contribution < -0.4 is 0 Å². The van der Waals surface area contributed by atoms with E-state index in [-0.39, 0.29) is 11.9 Å². The Morgan fingerprint density at radius 3 is 2.45 bits per heavy atom. The standard InChI is InChI=1S/C23H22Cl2N4OS/c1-2-13-29-21(26-27-23(29)31-15-16-5-9-18(24)10-6-16)20-4-3-14-28(20)22(30)17-7-11-19(25)12-8-17/h2,5-12,20H,1,3-4,13-15H2. The molecular weight excluding hydrogens is 451 g/mol. The Hall–Kier alpha value is -2.28. The Balaban J connectivity index is 1.56. The highest BCUT2D eigenvalue weighted by atomic mass is 35.5. The number of halogens is 2. The molecule has 0 aliphatic carbocycles. The van der Waals surface area contributed by atoms with Crippen LogP contribution in [0.3, 0.4) is 0 Å². The topological polar surface area (TPSA) is 51.0 Å². The van der Waals surface area contributed by atoms with Gasteiger partial charge in [0.1, 0.15) is 0 Å². The molecule has 0 N–H and O–H groups in total. The molecule has 0 bridgehead atoms. The van der Waals surface area contributed by atoms with E-state index in [2.05, 4.69) is 21.3 Å². The molecule has 2 heterocycles. The molecule has 31 heavy (non-hydrogen) atoms. The van der Waals surface area contributed by atoms with Gasteiger partial charge in [0.05, 0.1) is 6.04 Å². The Labute approximate surface area is 196 Å². The summed E-state index contributed by atoms with van der Waals surface area (Å²) in [6.07, 6.45) is 3.62. The van der Waals surface area contributed by atoms with Crippen molar-refractivity contribution < 1.29 is 4.79 Å². The van der Waals surface area contributed by atoms with Crippen LogP contribution in [-0.2, 0) is 12.3 Å². The van der Waals surface area contributed by atoms with Crippen LogP contribution in [0.5, 0.6) is 0 Å². The Morgan fingerprint density at radius 1 is 1.10 bits per heavy atom. The highest BCUT2D eigenvalue weighted by molar-refractivity contribution is 7.98. The number of amides is 1. The van der Waals surface area contributed by atoms with Crippen molar-refractivity contribution in [3.8, 4) is 0 Å². The summed E-state index contributed by atoms with van der Waals surface area (Å²) >= 11 is 13.6. The van der Waals surface area contributed by atoms with E-state index < -0.39 is 0 Å². The molecular formula is C23H22Cl2N4OS. The number of carbonyl (C=O) groups excluding carboxylic acids is 1. The average Bonchev–Trinajstić information content (AvgIpc) is 3.41. The van der Waals surface area contributed by atoms with E-state index in [0.29, 0.717) is 23.7 Å². The van der Waals surface area contributed by atoms with Crippen LogP contribution in [0.2, 0.25) is 10.0 Å². The van der Waals surface area contributed by atoms with Crippen LogP contribution in [0, 0.1) is 0 Å². The fourth-order valence-electron chi connectivity index (χ4n) is 3.72. The van der Waals surface area contributed by atoms with Gasteiger partial charge in [-0.3, -0.25) is 4.79 Å². The molecule has 160 valence electrons. The van der Waals surface area contributed by atoms with E-state index >= 15 is 0 Å². The normalized spacial score (nSPS) is 15.9. The number of aromatic nitrogens is 3. The average molecular weight is 473 g/mol. The second-order valence-electron chi connectivity index (χ2n) is 7.32. The molecule has 1 atom stereocenters. The molecule has 1 unspecified atom stereocenters. The van der Waals surface area contributed by atoms with E-state index in [0.717, 1.165) is 40.2 Å². The molecule has 1 fully saturated rings. The summed E-state index contributed by atoms with van der Waals surface area (Å²) in [5.41, 5.74) is 1.79. The summed E-state index contributed by atoms with van der Waals surface area (Å²) in [5.74, 6) is 1.55. The lowest BCUT2D eigenvalue weighted by Crippen LogP contribution is -2.32. The molecule has 8 heteroatoms. The van der Waals surface area contributed by atoms with Gasteiger partial charge in [0.25, 0.3) is 5.91 Å². The number of allylic oxidation sites excluding steroid dienone is 1. The van der Waals surface area contributed by atoms with Crippen LogP contribution in [0.1, 0.15) is 40.6 Å². The lowest BCUT2D eigenvalue weighted by molar-refractivity contribution is 0.0727. The third-order valence-electron chi connectivity index (χ3n) is 5.24. The second-order valence-corrected chi connectivity index (χ2v) is 9.13. The zero-order chi connectivity index (χ0) is 21.8. The summed E-state index contributed by atoms with van der Waals surface area (Å²) in [6.45, 7) is 5.17. The molecule has 4 rings (SSSR count). The van der Waals surface area contributed by atoms with Gasteiger partial charge in [-0.1, -0.05) is 53.2 Å². The largest absolute Gasteiger partial charge is 0.328 e. The van der Waals surface area contributed by atoms with Crippen LogP contribution in [0.25, 0.3) is 0 Å². The number of carbonyl (C=O) groups is 1. The van der Waals surface area contributed by atoms with Crippen molar-refractivity contribution >= 4 is 40.9 Å². The Kier molecular flexibility index (Phi) is 7.00. The number of hydrogen-bond acceptors (Lipinski definition) is 4. The van der Waals surface area contributed by atoms with Crippen molar-refractivity contribution in [3.63, 3.8) is 0 Å². The maximum absolute atomic E-state index is 13.1. The van der Waals surface area contributed by atoms with Crippen molar-refractivity contribution in [2.24, 2.45) is 0 Å². The fourth-order valence-corrected chi connectivity index (χ4v) is 4.88. The Bertz CT molecular complexity index is 1070. The first kappa shape index (κ1) is 21.9. The van der Waals surface area contributed by atoms with Crippen molar-refractivity contribution in [1.82, 2.24) is 19.7 Å². The zero-order valence-corrected chi connectivity index (χ0v) is 19.2. The first-order chi connectivity index (χ1) is 15.1. The highest BCUT2D eigenvalue weighted by Gasteiger charge is 2.34. The number of thioether (sulfide) groups is 1. The predicted molar refractivity (Wildman–Crippen MR) is 126 cm³/mol. The lowest BCUT2D eigenvalue weighted by atomic mass is 10.1. The third kappa shape index (κ3) is 4.97. The maximum atomic E-state index is 13.1. The highest BCUT2D eigenvalue weighted by Crippen LogP contribution is 2.34. The van der Waals surface area contributed by atoms with Gasteiger partial charge in [0.15, 0.2) is 11.0 Å². The zero-order valence-electron chi connectivity index (χ0n) is 16.9. The molecule has 0 radical (unpaired) electrons. The molecule has 1 amide bonds. The second kappa shape index (κ2) is 9.90. The fraction of sp³-hybridized carbons (Fsp3) is 0.261. The molecule has 1 aliphatic rings. The minimum Gasteiger partial charge on any atom is -0.328 e. The number of hydrogen-bond donors (Lipinski definition) is 0. The number of benzene rings is 2. The Morgan fingerprint density at radius 2 is 1.77 bits per heavy atom. The van der Waals surface area contributed by atoms with Gasteiger partial charge >= 0.3 is 0 Å². The van der Waals surface area contributed by atoms with Crippen LogP contribution in [0.15, 0.2) is 66.3 Å².